The third-order valence-electron chi connectivity index (χ3n) is 9.26. The summed E-state index contributed by atoms with van der Waals surface area (Å²) in [6.45, 7) is 6.82. The number of likely N-dealkylation sites (tertiary alicyclic amines) is 1. The molecule has 10 heteroatoms. The minimum Gasteiger partial charge on any atom is -0.399 e. The quantitative estimate of drug-likeness (QED) is 0.487. The van der Waals surface area contributed by atoms with Crippen molar-refractivity contribution in [3.05, 3.63) is 29.4 Å². The number of piperidine rings is 1. The summed E-state index contributed by atoms with van der Waals surface area (Å²) in [5.74, 6) is 0.922. The molecule has 2 aliphatic carbocycles. The number of nitrogens with two attached hydrogens (primary N) is 2. The number of hydrogen-bond donors (Lipinski definition) is 3. The van der Waals surface area contributed by atoms with Crippen LogP contribution in [0.4, 0.5) is 4.79 Å². The summed E-state index contributed by atoms with van der Waals surface area (Å²) >= 11 is 1.76. The summed E-state index contributed by atoms with van der Waals surface area (Å²) < 4.78 is 1.80. The van der Waals surface area contributed by atoms with E-state index >= 15 is 0 Å². The van der Waals surface area contributed by atoms with Crippen LogP contribution in [0.1, 0.15) is 39.5 Å². The molecule has 1 aromatic rings. The molecule has 1 saturated heterocycles. The minimum absolute atomic E-state index is 0.0481. The zero-order chi connectivity index (χ0) is 25.0. The molecule has 9 nitrogen and oxygen atoms in total. The first kappa shape index (κ1) is 24.6. The molecule has 0 bridgehead atoms. The number of fused-ring (bicyclic) bond motifs is 2. The smallest absolute Gasteiger partial charge is 0.399 e. The SMILES string of the molecule is CCC[N+](CC)(C(=O)NCCn1ccnc1)C(=O)C1C[C@@H]2CC34C(N)=C(N)SC3C4C[C@H]2N(C)C1. The van der Waals surface area contributed by atoms with E-state index in [4.69, 9.17) is 11.5 Å². The van der Waals surface area contributed by atoms with Gasteiger partial charge in [0.05, 0.1) is 30.4 Å². The Morgan fingerprint density at radius 3 is 2.80 bits per heavy atom. The molecule has 35 heavy (non-hydrogen) atoms. The summed E-state index contributed by atoms with van der Waals surface area (Å²) in [4.78, 5) is 34.1. The number of hydrogen-bond acceptors (Lipinski definition) is 7. The van der Waals surface area contributed by atoms with Crippen molar-refractivity contribution >= 4 is 23.7 Å². The number of amides is 3. The van der Waals surface area contributed by atoms with Gasteiger partial charge in [0.1, 0.15) is 0 Å². The van der Waals surface area contributed by atoms with Crippen molar-refractivity contribution in [2.75, 3.05) is 33.2 Å². The zero-order valence-corrected chi connectivity index (χ0v) is 22.0. The standard InChI is InChI=1S/C25H39N7O2S/c1-4-10-32(5-2,24(34)29-7-9-31-8-6-28-15-31)23(33)17-11-16-13-25-18(12-19(16)30(3)14-17)21(25)35-22(27)20(25)26/h6,8,15-19,21H,4-5,7,9-14,26-27H2,1-3H3/p+1/t16-,17?,18?,19-,21?,25?,32?/m1/s1. The number of nitrogens with one attached hydrogen (secondary N) is 1. The van der Waals surface area contributed by atoms with E-state index in [-0.39, 0.29) is 27.8 Å². The van der Waals surface area contributed by atoms with Crippen LogP contribution < -0.4 is 16.8 Å². The summed E-state index contributed by atoms with van der Waals surface area (Å²) in [7, 11) is 2.15. The highest BCUT2D eigenvalue weighted by Crippen LogP contribution is 2.75. The molecule has 2 aliphatic heterocycles. The fourth-order valence-electron chi connectivity index (χ4n) is 7.43. The van der Waals surface area contributed by atoms with Gasteiger partial charge in [-0.3, -0.25) is 0 Å². The highest BCUT2D eigenvalue weighted by molar-refractivity contribution is 8.04. The van der Waals surface area contributed by atoms with Crippen molar-refractivity contribution in [1.82, 2.24) is 19.8 Å². The van der Waals surface area contributed by atoms with Crippen LogP contribution in [0.2, 0.25) is 0 Å². The molecule has 1 aromatic heterocycles. The van der Waals surface area contributed by atoms with Crippen LogP contribution in [0.15, 0.2) is 29.4 Å². The van der Waals surface area contributed by atoms with Gasteiger partial charge in [-0.2, -0.15) is 4.48 Å². The zero-order valence-electron chi connectivity index (χ0n) is 21.2. The fourth-order valence-corrected chi connectivity index (χ4v) is 9.07. The predicted octanol–water partition coefficient (Wildman–Crippen LogP) is 1.91. The maximum atomic E-state index is 14.1. The molecule has 5 N–H and O–H groups in total. The average molecular weight is 503 g/mol. The molecule has 7 atom stereocenters. The van der Waals surface area contributed by atoms with Gasteiger partial charge in [-0.15, -0.1) is 11.8 Å². The summed E-state index contributed by atoms with van der Waals surface area (Å²) in [5.41, 5.74) is 13.6. The Labute approximate surface area is 212 Å². The number of quaternary nitrogens is 1. The van der Waals surface area contributed by atoms with Gasteiger partial charge in [0.15, 0.2) is 0 Å². The lowest BCUT2D eigenvalue weighted by Crippen LogP contribution is -2.65. The molecule has 3 heterocycles. The van der Waals surface area contributed by atoms with Gasteiger partial charge < -0.3 is 26.3 Å². The van der Waals surface area contributed by atoms with Crippen molar-refractivity contribution in [2.45, 2.75) is 57.4 Å². The van der Waals surface area contributed by atoms with Gasteiger partial charge in [0.25, 0.3) is 0 Å². The Hall–Kier alpha value is -2.04. The van der Waals surface area contributed by atoms with Crippen molar-refractivity contribution in [3.8, 4) is 0 Å². The second-order valence-corrected chi connectivity index (χ2v) is 12.2. The van der Waals surface area contributed by atoms with Gasteiger partial charge in [-0.1, -0.05) is 6.92 Å². The molecule has 3 fully saturated rings. The van der Waals surface area contributed by atoms with Crippen LogP contribution in [-0.2, 0) is 11.3 Å². The maximum Gasteiger partial charge on any atom is 0.424 e. The number of imidazole rings is 1. The van der Waals surface area contributed by atoms with E-state index in [1.54, 1.807) is 24.3 Å². The number of carbonyl (C=O) groups is 2. The summed E-state index contributed by atoms with van der Waals surface area (Å²) in [5, 5.41) is 4.37. The molecule has 0 radical (unpaired) electrons. The Morgan fingerprint density at radius 1 is 1.31 bits per heavy atom. The van der Waals surface area contributed by atoms with Crippen molar-refractivity contribution in [3.63, 3.8) is 0 Å². The number of thioether (sulfide) groups is 1. The summed E-state index contributed by atoms with van der Waals surface area (Å²) in [6, 6.07) is 0.301. The molecular weight excluding hydrogens is 462 g/mol. The van der Waals surface area contributed by atoms with Crippen LogP contribution in [-0.4, -0.2) is 75.4 Å². The van der Waals surface area contributed by atoms with E-state index in [9.17, 15) is 9.59 Å². The Kier molecular flexibility index (Phi) is 6.42. The first-order valence-electron chi connectivity index (χ1n) is 13.1. The van der Waals surface area contributed by atoms with Crippen LogP contribution in [0, 0.1) is 23.2 Å². The third-order valence-corrected chi connectivity index (χ3v) is 10.7. The third kappa shape index (κ3) is 3.79. The Morgan fingerprint density at radius 2 is 2.11 bits per heavy atom. The van der Waals surface area contributed by atoms with Crippen LogP contribution in [0.3, 0.4) is 0 Å². The summed E-state index contributed by atoms with van der Waals surface area (Å²) in [6.07, 6.45) is 9.07. The average Bonchev–Trinajstić information content (AvgIpc) is 3.11. The van der Waals surface area contributed by atoms with Crippen LogP contribution in [0.25, 0.3) is 0 Å². The Balaban J connectivity index is 1.31. The van der Waals surface area contributed by atoms with Gasteiger partial charge in [-0.05, 0) is 51.5 Å². The highest BCUT2D eigenvalue weighted by atomic mass is 32.2. The number of rotatable bonds is 7. The normalized spacial score (nSPS) is 35.6. The van der Waals surface area contributed by atoms with Crippen LogP contribution in [0.5, 0.6) is 0 Å². The molecule has 5 unspecified atom stereocenters. The van der Waals surface area contributed by atoms with Crippen molar-refractivity contribution in [1.29, 1.82) is 0 Å². The monoisotopic (exact) mass is 502 g/mol. The molecule has 5 rings (SSSR count). The Bertz CT molecular complexity index is 1010. The lowest BCUT2D eigenvalue weighted by molar-refractivity contribution is -0.774. The van der Waals surface area contributed by atoms with Gasteiger partial charge in [0, 0.05) is 54.4 Å². The van der Waals surface area contributed by atoms with E-state index in [2.05, 4.69) is 22.2 Å². The van der Waals surface area contributed by atoms with E-state index < -0.39 is 0 Å². The molecule has 0 aromatic carbocycles. The fraction of sp³-hybridized carbons (Fsp3) is 0.720. The predicted molar refractivity (Wildman–Crippen MR) is 137 cm³/mol. The molecule has 3 amide bonds. The highest BCUT2D eigenvalue weighted by Gasteiger charge is 2.73. The van der Waals surface area contributed by atoms with Gasteiger partial charge in [-0.25, -0.2) is 14.6 Å². The lowest BCUT2D eigenvalue weighted by atomic mass is 9.70. The maximum absolute atomic E-state index is 14.1. The van der Waals surface area contributed by atoms with Crippen molar-refractivity contribution < 1.29 is 14.1 Å². The molecule has 4 aliphatic rings. The molecule has 1 spiro atoms. The van der Waals surface area contributed by atoms with Gasteiger partial charge >= 0.3 is 11.9 Å². The number of nitrogens with zero attached hydrogens (tertiary/aromatic N) is 4. The molecular formula is C25H40N7O2S+. The van der Waals surface area contributed by atoms with Crippen molar-refractivity contribution in [2.24, 2.45) is 34.6 Å². The number of urea groups is 1. The minimum atomic E-state index is -0.180. The van der Waals surface area contributed by atoms with Crippen LogP contribution >= 0.6 is 11.8 Å². The second-order valence-electron chi connectivity index (χ2n) is 11.0. The first-order valence-corrected chi connectivity index (χ1v) is 13.9. The first-order chi connectivity index (χ1) is 16.8. The number of imide groups is 1. The number of allylic oxidation sites excluding steroid dienone is 1. The second kappa shape index (κ2) is 9.12. The number of carbonyl (C=O) groups excluding carboxylic acids is 2. The van der Waals surface area contributed by atoms with Gasteiger partial charge in [0.2, 0.25) is 0 Å². The number of aromatic nitrogens is 2. The topological polar surface area (TPSA) is 119 Å². The molecule has 2 saturated carbocycles. The van der Waals surface area contributed by atoms with E-state index in [0.717, 1.165) is 43.0 Å². The largest absolute Gasteiger partial charge is 0.424 e. The van der Waals surface area contributed by atoms with E-state index in [0.29, 0.717) is 49.3 Å². The molecule has 192 valence electrons. The lowest BCUT2D eigenvalue weighted by Gasteiger charge is -2.47. The van der Waals surface area contributed by atoms with E-state index in [1.807, 2.05) is 24.6 Å². The van der Waals surface area contributed by atoms with E-state index in [1.165, 1.54) is 0 Å².